The van der Waals surface area contributed by atoms with Crippen molar-refractivity contribution in [2.45, 2.75) is 13.3 Å². The van der Waals surface area contributed by atoms with E-state index in [1.165, 1.54) is 6.26 Å². The Kier molecular flexibility index (Phi) is 5.28. The molecule has 17 heavy (non-hydrogen) atoms. The van der Waals surface area contributed by atoms with Gasteiger partial charge in [0.2, 0.25) is 0 Å². The third-order valence-electron chi connectivity index (χ3n) is 2.13. The van der Waals surface area contributed by atoms with Gasteiger partial charge in [0.15, 0.2) is 0 Å². The van der Waals surface area contributed by atoms with Gasteiger partial charge in [-0.25, -0.2) is 8.42 Å². The van der Waals surface area contributed by atoms with Gasteiger partial charge in [0, 0.05) is 18.5 Å². The lowest BCUT2D eigenvalue weighted by Gasteiger charge is -2.07. The van der Waals surface area contributed by atoms with Gasteiger partial charge in [0.05, 0.1) is 12.4 Å². The quantitative estimate of drug-likeness (QED) is 0.811. The molecule has 0 unspecified atom stereocenters. The Morgan fingerprint density at radius 1 is 1.24 bits per heavy atom. The van der Waals surface area contributed by atoms with Crippen LogP contribution in [0.3, 0.4) is 0 Å². The summed E-state index contributed by atoms with van der Waals surface area (Å²) < 4.78 is 27.3. The standard InChI is InChI=1S/C12H19NO3S/c1-3-9-16-12-6-4-11(5-7-12)13-8-10-17(2,14)15/h4-7,13H,3,8-10H2,1-2H3. The van der Waals surface area contributed by atoms with E-state index in [0.717, 1.165) is 17.9 Å². The second-order valence-corrected chi connectivity index (χ2v) is 6.19. The summed E-state index contributed by atoms with van der Waals surface area (Å²) in [5.41, 5.74) is 0.900. The van der Waals surface area contributed by atoms with E-state index in [-0.39, 0.29) is 5.75 Å². The molecule has 0 aliphatic heterocycles. The van der Waals surface area contributed by atoms with Gasteiger partial charge in [-0.05, 0) is 30.7 Å². The average Bonchev–Trinajstić information content (AvgIpc) is 2.26. The van der Waals surface area contributed by atoms with Crippen molar-refractivity contribution in [2.75, 3.05) is 30.5 Å². The zero-order chi connectivity index (χ0) is 12.7. The molecule has 4 nitrogen and oxygen atoms in total. The lowest BCUT2D eigenvalue weighted by Crippen LogP contribution is -2.13. The molecule has 0 radical (unpaired) electrons. The predicted molar refractivity (Wildman–Crippen MR) is 70.4 cm³/mol. The van der Waals surface area contributed by atoms with Crippen LogP contribution in [0.5, 0.6) is 5.75 Å². The van der Waals surface area contributed by atoms with Gasteiger partial charge in [0.1, 0.15) is 15.6 Å². The maximum Gasteiger partial charge on any atom is 0.149 e. The molecule has 0 fully saturated rings. The molecular formula is C12H19NO3S. The van der Waals surface area contributed by atoms with Crippen LogP contribution < -0.4 is 10.1 Å². The van der Waals surface area contributed by atoms with E-state index in [9.17, 15) is 8.42 Å². The van der Waals surface area contributed by atoms with Gasteiger partial charge in [-0.15, -0.1) is 0 Å². The Balaban J connectivity index is 2.40. The summed E-state index contributed by atoms with van der Waals surface area (Å²) in [6.45, 7) is 3.19. The molecule has 96 valence electrons. The van der Waals surface area contributed by atoms with Crippen LogP contribution in [0.1, 0.15) is 13.3 Å². The van der Waals surface area contributed by atoms with E-state index in [0.29, 0.717) is 13.2 Å². The van der Waals surface area contributed by atoms with Crippen LogP contribution in [-0.2, 0) is 9.84 Å². The Morgan fingerprint density at radius 2 is 1.88 bits per heavy atom. The fourth-order valence-electron chi connectivity index (χ4n) is 1.27. The molecule has 1 rings (SSSR count). The molecule has 0 bridgehead atoms. The van der Waals surface area contributed by atoms with E-state index in [4.69, 9.17) is 4.74 Å². The van der Waals surface area contributed by atoms with Crippen molar-refractivity contribution in [3.63, 3.8) is 0 Å². The van der Waals surface area contributed by atoms with Crippen molar-refractivity contribution in [3.8, 4) is 5.75 Å². The monoisotopic (exact) mass is 257 g/mol. The highest BCUT2D eigenvalue weighted by molar-refractivity contribution is 7.90. The number of ether oxygens (including phenoxy) is 1. The minimum absolute atomic E-state index is 0.140. The lowest BCUT2D eigenvalue weighted by atomic mass is 10.3. The summed E-state index contributed by atoms with van der Waals surface area (Å²) in [6, 6.07) is 7.51. The second-order valence-electron chi connectivity index (χ2n) is 3.93. The summed E-state index contributed by atoms with van der Waals surface area (Å²) in [6.07, 6.45) is 2.21. The third kappa shape index (κ3) is 6.16. The number of nitrogens with one attached hydrogen (secondary N) is 1. The molecule has 0 atom stereocenters. The maximum absolute atomic E-state index is 10.9. The number of anilines is 1. The molecule has 0 amide bonds. The van der Waals surface area contributed by atoms with Crippen LogP contribution >= 0.6 is 0 Å². The minimum Gasteiger partial charge on any atom is -0.494 e. The first-order valence-corrected chi connectivity index (χ1v) is 7.72. The van der Waals surface area contributed by atoms with Crippen LogP contribution in [-0.4, -0.2) is 33.6 Å². The van der Waals surface area contributed by atoms with Crippen molar-refractivity contribution in [1.29, 1.82) is 0 Å². The molecule has 0 heterocycles. The SMILES string of the molecule is CCCOc1ccc(NCCS(C)(=O)=O)cc1. The van der Waals surface area contributed by atoms with E-state index in [2.05, 4.69) is 12.2 Å². The Bertz CT molecular complexity index is 426. The molecular weight excluding hydrogens is 238 g/mol. The summed E-state index contributed by atoms with van der Waals surface area (Å²) in [4.78, 5) is 0. The Morgan fingerprint density at radius 3 is 2.41 bits per heavy atom. The Hall–Kier alpha value is -1.23. The first-order valence-electron chi connectivity index (χ1n) is 5.66. The first kappa shape index (κ1) is 13.8. The van der Waals surface area contributed by atoms with Crippen LogP contribution in [0.2, 0.25) is 0 Å². The minimum atomic E-state index is -2.90. The van der Waals surface area contributed by atoms with Gasteiger partial charge in [0.25, 0.3) is 0 Å². The molecule has 0 saturated heterocycles. The summed E-state index contributed by atoms with van der Waals surface area (Å²) in [7, 11) is -2.90. The number of rotatable bonds is 7. The van der Waals surface area contributed by atoms with E-state index >= 15 is 0 Å². The topological polar surface area (TPSA) is 55.4 Å². The van der Waals surface area contributed by atoms with E-state index in [1.54, 1.807) is 0 Å². The van der Waals surface area contributed by atoms with Crippen molar-refractivity contribution in [3.05, 3.63) is 24.3 Å². The largest absolute Gasteiger partial charge is 0.494 e. The number of hydrogen-bond donors (Lipinski definition) is 1. The molecule has 0 aliphatic carbocycles. The van der Waals surface area contributed by atoms with Gasteiger partial charge in [-0.2, -0.15) is 0 Å². The number of benzene rings is 1. The molecule has 0 aliphatic rings. The average molecular weight is 257 g/mol. The first-order chi connectivity index (χ1) is 8.01. The third-order valence-corrected chi connectivity index (χ3v) is 3.07. The number of hydrogen-bond acceptors (Lipinski definition) is 4. The zero-order valence-corrected chi connectivity index (χ0v) is 11.1. The normalized spacial score (nSPS) is 11.2. The smallest absolute Gasteiger partial charge is 0.149 e. The molecule has 1 aromatic rings. The van der Waals surface area contributed by atoms with Crippen molar-refractivity contribution in [2.24, 2.45) is 0 Å². The summed E-state index contributed by atoms with van der Waals surface area (Å²) >= 11 is 0. The molecule has 1 N–H and O–H groups in total. The van der Waals surface area contributed by atoms with E-state index in [1.807, 2.05) is 24.3 Å². The fourth-order valence-corrected chi connectivity index (χ4v) is 1.74. The highest BCUT2D eigenvalue weighted by Crippen LogP contribution is 2.15. The van der Waals surface area contributed by atoms with Crippen molar-refractivity contribution in [1.82, 2.24) is 0 Å². The maximum atomic E-state index is 10.9. The van der Waals surface area contributed by atoms with Gasteiger partial charge in [-0.1, -0.05) is 6.92 Å². The molecule has 0 aromatic heterocycles. The zero-order valence-electron chi connectivity index (χ0n) is 10.3. The second kappa shape index (κ2) is 6.49. The van der Waals surface area contributed by atoms with E-state index < -0.39 is 9.84 Å². The highest BCUT2D eigenvalue weighted by atomic mass is 32.2. The Labute approximate surface area is 103 Å². The van der Waals surface area contributed by atoms with Crippen molar-refractivity contribution >= 4 is 15.5 Å². The van der Waals surface area contributed by atoms with Crippen LogP contribution in [0.15, 0.2) is 24.3 Å². The summed E-state index contributed by atoms with van der Waals surface area (Å²) in [5.74, 6) is 0.974. The summed E-state index contributed by atoms with van der Waals surface area (Å²) in [5, 5.41) is 3.05. The molecule has 5 heteroatoms. The molecule has 1 aromatic carbocycles. The molecule has 0 saturated carbocycles. The lowest BCUT2D eigenvalue weighted by molar-refractivity contribution is 0.317. The van der Waals surface area contributed by atoms with Crippen molar-refractivity contribution < 1.29 is 13.2 Å². The van der Waals surface area contributed by atoms with Gasteiger partial charge in [-0.3, -0.25) is 0 Å². The van der Waals surface area contributed by atoms with Crippen LogP contribution in [0, 0.1) is 0 Å². The number of sulfone groups is 1. The van der Waals surface area contributed by atoms with Gasteiger partial charge >= 0.3 is 0 Å². The molecule has 0 spiro atoms. The van der Waals surface area contributed by atoms with Gasteiger partial charge < -0.3 is 10.1 Å². The highest BCUT2D eigenvalue weighted by Gasteiger charge is 2.01. The van der Waals surface area contributed by atoms with Crippen LogP contribution in [0.25, 0.3) is 0 Å². The predicted octanol–water partition coefficient (Wildman–Crippen LogP) is 1.93. The van der Waals surface area contributed by atoms with Crippen LogP contribution in [0.4, 0.5) is 5.69 Å². The fraction of sp³-hybridized carbons (Fsp3) is 0.500.